The van der Waals surface area contributed by atoms with Crippen LogP contribution in [0.3, 0.4) is 0 Å². The summed E-state index contributed by atoms with van der Waals surface area (Å²) < 4.78 is 6.85. The summed E-state index contributed by atoms with van der Waals surface area (Å²) >= 11 is 0. The van der Waals surface area contributed by atoms with Gasteiger partial charge in [0.25, 0.3) is 0 Å². The van der Waals surface area contributed by atoms with E-state index in [2.05, 4.69) is 15.0 Å². The van der Waals surface area contributed by atoms with Crippen molar-refractivity contribution in [3.8, 4) is 0 Å². The Morgan fingerprint density at radius 3 is 2.74 bits per heavy atom. The van der Waals surface area contributed by atoms with E-state index in [1.807, 2.05) is 0 Å². The Labute approximate surface area is 107 Å². The van der Waals surface area contributed by atoms with Crippen LogP contribution in [0.5, 0.6) is 0 Å². The standard InChI is InChI=1S/C10H13N5O4/c11-8-5-9(13-2-12-8)15(3-14-5)10-7(18)6(17)4(1-16)19-10/h2-4,6-7,10,16-18H,1H2,(H2,11,12,13)/t4-,6+,7-,10-/m1/s1. The number of imidazole rings is 1. The van der Waals surface area contributed by atoms with Gasteiger partial charge in [-0.25, -0.2) is 15.0 Å². The van der Waals surface area contributed by atoms with Crippen molar-refractivity contribution in [3.63, 3.8) is 0 Å². The molecule has 0 unspecified atom stereocenters. The monoisotopic (exact) mass is 267 g/mol. The number of aliphatic hydroxyl groups is 3. The van der Waals surface area contributed by atoms with Gasteiger partial charge in [0.1, 0.15) is 30.2 Å². The average Bonchev–Trinajstić information content (AvgIpc) is 2.94. The van der Waals surface area contributed by atoms with Crippen LogP contribution in [0.4, 0.5) is 5.82 Å². The van der Waals surface area contributed by atoms with E-state index in [-0.39, 0.29) is 5.82 Å². The van der Waals surface area contributed by atoms with Crippen LogP contribution in [-0.4, -0.2) is 59.8 Å². The first-order valence-electron chi connectivity index (χ1n) is 5.69. The van der Waals surface area contributed by atoms with Crippen LogP contribution in [0.15, 0.2) is 12.7 Å². The number of nitrogens with two attached hydrogens (primary N) is 1. The highest BCUT2D eigenvalue weighted by atomic mass is 16.6. The smallest absolute Gasteiger partial charge is 0.167 e. The van der Waals surface area contributed by atoms with Gasteiger partial charge in [0.05, 0.1) is 12.9 Å². The second kappa shape index (κ2) is 4.38. The number of ether oxygens (including phenoxy) is 1. The fraction of sp³-hybridized carbons (Fsp3) is 0.500. The van der Waals surface area contributed by atoms with E-state index in [1.54, 1.807) is 0 Å². The molecule has 9 heteroatoms. The van der Waals surface area contributed by atoms with Gasteiger partial charge < -0.3 is 25.8 Å². The summed E-state index contributed by atoms with van der Waals surface area (Å²) in [7, 11) is 0. The van der Waals surface area contributed by atoms with Crippen molar-refractivity contribution in [2.45, 2.75) is 24.5 Å². The van der Waals surface area contributed by atoms with Gasteiger partial charge in [-0.1, -0.05) is 0 Å². The molecule has 102 valence electrons. The third-order valence-corrected chi connectivity index (χ3v) is 3.18. The number of hydrogen-bond donors (Lipinski definition) is 4. The number of aliphatic hydroxyl groups excluding tert-OH is 3. The molecule has 0 bridgehead atoms. The van der Waals surface area contributed by atoms with Crippen LogP contribution in [0.1, 0.15) is 6.23 Å². The minimum atomic E-state index is -1.19. The average molecular weight is 267 g/mol. The second-order valence-electron chi connectivity index (χ2n) is 4.31. The molecule has 3 rings (SSSR count). The van der Waals surface area contributed by atoms with E-state index >= 15 is 0 Å². The molecule has 0 saturated carbocycles. The fourth-order valence-electron chi connectivity index (χ4n) is 2.17. The van der Waals surface area contributed by atoms with Gasteiger partial charge in [0.15, 0.2) is 17.7 Å². The van der Waals surface area contributed by atoms with Gasteiger partial charge in [0, 0.05) is 0 Å². The normalized spacial score (nSPS) is 31.1. The van der Waals surface area contributed by atoms with E-state index < -0.39 is 31.1 Å². The molecule has 0 aromatic carbocycles. The lowest BCUT2D eigenvalue weighted by molar-refractivity contribution is -0.0511. The lowest BCUT2D eigenvalue weighted by atomic mass is 10.1. The molecule has 2 aromatic heterocycles. The molecule has 0 amide bonds. The highest BCUT2D eigenvalue weighted by Gasteiger charge is 2.43. The Hall–Kier alpha value is -1.81. The Balaban J connectivity index is 2.04. The summed E-state index contributed by atoms with van der Waals surface area (Å²) in [5.41, 5.74) is 6.44. The van der Waals surface area contributed by atoms with Crippen molar-refractivity contribution in [1.82, 2.24) is 19.5 Å². The van der Waals surface area contributed by atoms with Crippen LogP contribution < -0.4 is 5.73 Å². The van der Waals surface area contributed by atoms with Crippen LogP contribution in [0, 0.1) is 0 Å². The molecule has 1 aliphatic heterocycles. The van der Waals surface area contributed by atoms with Crippen molar-refractivity contribution in [1.29, 1.82) is 0 Å². The highest BCUT2D eigenvalue weighted by Crippen LogP contribution is 2.31. The zero-order chi connectivity index (χ0) is 13.6. The van der Waals surface area contributed by atoms with Crippen LogP contribution in [0.25, 0.3) is 11.2 Å². The maximum absolute atomic E-state index is 9.95. The van der Waals surface area contributed by atoms with Gasteiger partial charge in [-0.2, -0.15) is 0 Å². The molecule has 3 heterocycles. The van der Waals surface area contributed by atoms with Crippen molar-refractivity contribution in [3.05, 3.63) is 12.7 Å². The predicted molar refractivity (Wildman–Crippen MR) is 62.7 cm³/mol. The van der Waals surface area contributed by atoms with E-state index in [0.717, 1.165) is 0 Å². The van der Waals surface area contributed by atoms with Gasteiger partial charge in [0.2, 0.25) is 0 Å². The molecule has 0 spiro atoms. The third-order valence-electron chi connectivity index (χ3n) is 3.18. The largest absolute Gasteiger partial charge is 0.394 e. The first-order valence-corrected chi connectivity index (χ1v) is 5.69. The number of rotatable bonds is 2. The first-order chi connectivity index (χ1) is 9.13. The number of fused-ring (bicyclic) bond motifs is 1. The number of aromatic nitrogens is 4. The first kappa shape index (κ1) is 12.2. The molecule has 5 N–H and O–H groups in total. The fourth-order valence-corrected chi connectivity index (χ4v) is 2.17. The minimum absolute atomic E-state index is 0.218. The lowest BCUT2D eigenvalue weighted by Crippen LogP contribution is -2.33. The summed E-state index contributed by atoms with van der Waals surface area (Å²) in [6, 6.07) is 0. The molecule has 1 fully saturated rings. The summed E-state index contributed by atoms with van der Waals surface area (Å²) in [6.07, 6.45) is -1.42. The Kier molecular flexibility index (Phi) is 2.82. The maximum Gasteiger partial charge on any atom is 0.167 e. The van der Waals surface area contributed by atoms with Crippen LogP contribution >= 0.6 is 0 Å². The zero-order valence-corrected chi connectivity index (χ0v) is 9.79. The molecule has 1 aliphatic rings. The SMILES string of the molecule is Nc1ncnc2c1ncn2[C@@H]1O[C@H](CO)[C@H](O)[C@H]1O. The molecule has 0 aliphatic carbocycles. The molecular weight excluding hydrogens is 254 g/mol. The van der Waals surface area contributed by atoms with Crippen molar-refractivity contribution in [2.24, 2.45) is 0 Å². The van der Waals surface area contributed by atoms with Gasteiger partial charge in [-0.05, 0) is 0 Å². The van der Waals surface area contributed by atoms with Gasteiger partial charge in [-0.15, -0.1) is 0 Å². The lowest BCUT2D eigenvalue weighted by Gasteiger charge is -2.16. The predicted octanol–water partition coefficient (Wildman–Crippen LogP) is -1.98. The highest BCUT2D eigenvalue weighted by molar-refractivity contribution is 5.81. The van der Waals surface area contributed by atoms with Gasteiger partial charge in [-0.3, -0.25) is 4.57 Å². The molecule has 2 aromatic rings. The summed E-state index contributed by atoms with van der Waals surface area (Å²) in [5, 5.41) is 28.7. The van der Waals surface area contributed by atoms with Crippen LogP contribution in [-0.2, 0) is 4.74 Å². The molecule has 0 radical (unpaired) electrons. The third kappa shape index (κ3) is 1.75. The zero-order valence-electron chi connectivity index (χ0n) is 9.79. The Bertz CT molecular complexity index is 603. The summed E-state index contributed by atoms with van der Waals surface area (Å²) in [4.78, 5) is 11.9. The molecule has 4 atom stereocenters. The Morgan fingerprint density at radius 2 is 2.05 bits per heavy atom. The van der Waals surface area contributed by atoms with Crippen molar-refractivity contribution >= 4 is 17.0 Å². The van der Waals surface area contributed by atoms with Crippen LogP contribution in [0.2, 0.25) is 0 Å². The van der Waals surface area contributed by atoms with E-state index in [4.69, 9.17) is 15.6 Å². The molecule has 19 heavy (non-hydrogen) atoms. The maximum atomic E-state index is 9.95. The van der Waals surface area contributed by atoms with E-state index in [0.29, 0.717) is 11.2 Å². The number of nitrogens with zero attached hydrogens (tertiary/aromatic N) is 4. The number of nitrogen functional groups attached to an aromatic ring is 1. The van der Waals surface area contributed by atoms with Crippen molar-refractivity contribution in [2.75, 3.05) is 12.3 Å². The summed E-state index contributed by atoms with van der Waals surface area (Å²) in [6.45, 7) is -0.390. The van der Waals surface area contributed by atoms with Gasteiger partial charge >= 0.3 is 0 Å². The van der Waals surface area contributed by atoms with E-state index in [9.17, 15) is 10.2 Å². The van der Waals surface area contributed by atoms with Crippen molar-refractivity contribution < 1.29 is 20.1 Å². The Morgan fingerprint density at radius 1 is 1.26 bits per heavy atom. The minimum Gasteiger partial charge on any atom is -0.394 e. The topological polar surface area (TPSA) is 140 Å². The second-order valence-corrected chi connectivity index (χ2v) is 4.31. The molecular formula is C10H13N5O4. The number of hydrogen-bond acceptors (Lipinski definition) is 8. The summed E-state index contributed by atoms with van der Waals surface area (Å²) in [5.74, 6) is 0.218. The number of anilines is 1. The molecule has 9 nitrogen and oxygen atoms in total. The molecule has 1 saturated heterocycles. The quantitative estimate of drug-likeness (QED) is 0.491. The van der Waals surface area contributed by atoms with E-state index in [1.165, 1.54) is 17.2 Å².